The largest absolute Gasteiger partial charge is 0.416 e. The molecule has 0 aromatic rings. The highest BCUT2D eigenvalue weighted by Crippen LogP contribution is 2.28. The van der Waals surface area contributed by atoms with E-state index in [0.29, 0.717) is 6.42 Å². The molecule has 0 nitrogen and oxygen atoms in total. The summed E-state index contributed by atoms with van der Waals surface area (Å²) in [6.45, 7) is 5.81. The van der Waals surface area contributed by atoms with E-state index >= 15 is 0 Å². The van der Waals surface area contributed by atoms with Crippen LogP contribution in [0.3, 0.4) is 0 Å². The standard InChI is InChI=1S/C9H9F3.C2H6/c1-7-3-2-4-8(6-5-7)9(10,11)12;1-2/h2,4-6H,3H2,1H3;1-2H3. The minimum absolute atomic E-state index is 0.584. The molecule has 0 aromatic heterocycles. The summed E-state index contributed by atoms with van der Waals surface area (Å²) in [6.07, 6.45) is 1.63. The summed E-state index contributed by atoms with van der Waals surface area (Å²) < 4.78 is 36.3. The van der Waals surface area contributed by atoms with Gasteiger partial charge < -0.3 is 0 Å². The molecular formula is C11H15F3. The van der Waals surface area contributed by atoms with E-state index < -0.39 is 11.7 Å². The Kier molecular flexibility index (Phi) is 5.28. The molecule has 0 heterocycles. The van der Waals surface area contributed by atoms with Gasteiger partial charge in [0.2, 0.25) is 0 Å². The van der Waals surface area contributed by atoms with Gasteiger partial charge in [0.1, 0.15) is 0 Å². The van der Waals surface area contributed by atoms with Crippen LogP contribution >= 0.6 is 0 Å². The second kappa shape index (κ2) is 5.68. The number of allylic oxidation sites excluding steroid dienone is 6. The van der Waals surface area contributed by atoms with E-state index in [1.165, 1.54) is 12.2 Å². The van der Waals surface area contributed by atoms with Crippen LogP contribution in [-0.4, -0.2) is 6.18 Å². The molecule has 0 aromatic carbocycles. The Morgan fingerprint density at radius 3 is 2.21 bits per heavy atom. The summed E-state index contributed by atoms with van der Waals surface area (Å²) in [5.41, 5.74) is 0.352. The normalized spacial score (nSPS) is 16.1. The second-order valence-corrected chi connectivity index (χ2v) is 2.74. The average molecular weight is 204 g/mol. The first-order valence-electron chi connectivity index (χ1n) is 4.61. The predicted octanol–water partition coefficient (Wildman–Crippen LogP) is 4.41. The van der Waals surface area contributed by atoms with Crippen LogP contribution in [0.1, 0.15) is 27.2 Å². The summed E-state index contributed by atoms with van der Waals surface area (Å²) in [7, 11) is 0. The third-order valence-corrected chi connectivity index (χ3v) is 1.61. The number of hydrogen-bond donors (Lipinski definition) is 0. The molecule has 0 aliphatic heterocycles. The molecule has 80 valence electrons. The first kappa shape index (κ1) is 13.0. The van der Waals surface area contributed by atoms with E-state index in [9.17, 15) is 13.2 Å². The summed E-state index contributed by atoms with van der Waals surface area (Å²) >= 11 is 0. The predicted molar refractivity (Wildman–Crippen MR) is 53.0 cm³/mol. The van der Waals surface area contributed by atoms with Crippen molar-refractivity contribution in [2.75, 3.05) is 0 Å². The van der Waals surface area contributed by atoms with Gasteiger partial charge in [0, 0.05) is 0 Å². The molecular weight excluding hydrogens is 189 g/mol. The molecule has 0 N–H and O–H groups in total. The summed E-state index contributed by atoms with van der Waals surface area (Å²) in [5, 5.41) is 0. The van der Waals surface area contributed by atoms with Crippen molar-refractivity contribution in [1.82, 2.24) is 0 Å². The molecule has 0 bridgehead atoms. The summed E-state index contributed by atoms with van der Waals surface area (Å²) in [5.74, 6) is 0. The summed E-state index contributed by atoms with van der Waals surface area (Å²) in [4.78, 5) is 0. The molecule has 0 unspecified atom stereocenters. The smallest absolute Gasteiger partial charge is 0.166 e. The van der Waals surface area contributed by atoms with Gasteiger partial charge in [0.05, 0.1) is 5.57 Å². The average Bonchev–Trinajstić information content (AvgIpc) is 2.32. The number of rotatable bonds is 0. The highest BCUT2D eigenvalue weighted by Gasteiger charge is 2.31. The molecule has 0 spiro atoms. The van der Waals surface area contributed by atoms with Gasteiger partial charge in [-0.3, -0.25) is 0 Å². The topological polar surface area (TPSA) is 0 Å². The zero-order valence-corrected chi connectivity index (χ0v) is 8.65. The molecule has 0 amide bonds. The fourth-order valence-corrected chi connectivity index (χ4v) is 0.916. The van der Waals surface area contributed by atoms with Crippen LogP contribution in [0.4, 0.5) is 13.2 Å². The third-order valence-electron chi connectivity index (χ3n) is 1.61. The Morgan fingerprint density at radius 1 is 1.14 bits per heavy atom. The second-order valence-electron chi connectivity index (χ2n) is 2.74. The minimum atomic E-state index is -4.22. The first-order chi connectivity index (χ1) is 6.50. The lowest BCUT2D eigenvalue weighted by atomic mass is 10.2. The van der Waals surface area contributed by atoms with Crippen molar-refractivity contribution in [2.24, 2.45) is 0 Å². The van der Waals surface area contributed by atoms with E-state index in [4.69, 9.17) is 0 Å². The molecule has 1 rings (SSSR count). The maximum absolute atomic E-state index is 12.1. The van der Waals surface area contributed by atoms with Crippen molar-refractivity contribution in [3.8, 4) is 0 Å². The Labute approximate surface area is 82.8 Å². The van der Waals surface area contributed by atoms with Crippen molar-refractivity contribution in [1.29, 1.82) is 0 Å². The van der Waals surface area contributed by atoms with Gasteiger partial charge in [-0.1, -0.05) is 43.7 Å². The van der Waals surface area contributed by atoms with Gasteiger partial charge in [-0.05, 0) is 13.3 Å². The lowest BCUT2D eigenvalue weighted by Crippen LogP contribution is -2.09. The van der Waals surface area contributed by atoms with E-state index in [-0.39, 0.29) is 0 Å². The quantitative estimate of drug-likeness (QED) is 0.548. The SMILES string of the molecule is CC.CC1=CC=C(C(F)(F)F)C=CC1. The highest BCUT2D eigenvalue weighted by molar-refractivity contribution is 5.33. The monoisotopic (exact) mass is 204 g/mol. The molecule has 14 heavy (non-hydrogen) atoms. The number of hydrogen-bond acceptors (Lipinski definition) is 0. The zero-order chi connectivity index (χ0) is 11.2. The highest BCUT2D eigenvalue weighted by atomic mass is 19.4. The van der Waals surface area contributed by atoms with Gasteiger partial charge in [0.25, 0.3) is 0 Å². The Morgan fingerprint density at radius 2 is 1.71 bits per heavy atom. The van der Waals surface area contributed by atoms with Gasteiger partial charge in [-0.15, -0.1) is 0 Å². The van der Waals surface area contributed by atoms with Crippen LogP contribution < -0.4 is 0 Å². The molecule has 1 aliphatic rings. The minimum Gasteiger partial charge on any atom is -0.166 e. The fourth-order valence-electron chi connectivity index (χ4n) is 0.916. The molecule has 1 aliphatic carbocycles. The van der Waals surface area contributed by atoms with Crippen LogP contribution in [0.2, 0.25) is 0 Å². The van der Waals surface area contributed by atoms with Gasteiger partial charge in [-0.2, -0.15) is 13.2 Å². The van der Waals surface area contributed by atoms with Crippen molar-refractivity contribution < 1.29 is 13.2 Å². The Bertz CT molecular complexity index is 254. The van der Waals surface area contributed by atoms with Crippen molar-refractivity contribution in [3.05, 3.63) is 35.5 Å². The molecule has 0 fully saturated rings. The van der Waals surface area contributed by atoms with Gasteiger partial charge in [0.15, 0.2) is 0 Å². The van der Waals surface area contributed by atoms with Crippen LogP contribution in [-0.2, 0) is 0 Å². The van der Waals surface area contributed by atoms with Gasteiger partial charge in [-0.25, -0.2) is 0 Å². The molecule has 0 saturated heterocycles. The van der Waals surface area contributed by atoms with Gasteiger partial charge >= 0.3 is 6.18 Å². The van der Waals surface area contributed by atoms with Crippen molar-refractivity contribution in [2.45, 2.75) is 33.4 Å². The fraction of sp³-hybridized carbons (Fsp3) is 0.455. The molecule has 0 atom stereocenters. The van der Waals surface area contributed by atoms with Crippen LogP contribution in [0.5, 0.6) is 0 Å². The molecule has 0 radical (unpaired) electrons. The third kappa shape index (κ3) is 4.30. The van der Waals surface area contributed by atoms with Crippen LogP contribution in [0.15, 0.2) is 35.5 Å². The van der Waals surface area contributed by atoms with Crippen molar-refractivity contribution in [3.63, 3.8) is 0 Å². The van der Waals surface area contributed by atoms with E-state index in [2.05, 4.69) is 0 Å². The lowest BCUT2D eigenvalue weighted by Gasteiger charge is -2.04. The maximum Gasteiger partial charge on any atom is 0.416 e. The first-order valence-corrected chi connectivity index (χ1v) is 4.61. The Balaban J connectivity index is 0.000000791. The van der Waals surface area contributed by atoms with Crippen LogP contribution in [0, 0.1) is 0 Å². The Hall–Kier alpha value is -0.990. The zero-order valence-electron chi connectivity index (χ0n) is 8.65. The summed E-state index contributed by atoms with van der Waals surface area (Å²) in [6, 6.07) is 0. The molecule has 0 saturated carbocycles. The van der Waals surface area contributed by atoms with E-state index in [1.54, 1.807) is 6.92 Å². The lowest BCUT2D eigenvalue weighted by molar-refractivity contribution is -0.0881. The maximum atomic E-state index is 12.1. The van der Waals surface area contributed by atoms with E-state index in [0.717, 1.165) is 17.7 Å². The van der Waals surface area contributed by atoms with E-state index in [1.807, 2.05) is 13.8 Å². The van der Waals surface area contributed by atoms with Crippen LogP contribution in [0.25, 0.3) is 0 Å². The number of halogens is 3. The molecule has 3 heteroatoms. The van der Waals surface area contributed by atoms with Crippen molar-refractivity contribution >= 4 is 0 Å². The number of alkyl halides is 3.